The van der Waals surface area contributed by atoms with Gasteiger partial charge < -0.3 is 15.2 Å². The number of carbonyl (C=O) groups excluding carboxylic acids is 1. The van der Waals surface area contributed by atoms with Crippen LogP contribution in [0, 0.1) is 6.92 Å². The molecule has 1 aliphatic heterocycles. The Hall–Kier alpha value is -1.35. The van der Waals surface area contributed by atoms with Crippen LogP contribution in [-0.2, 0) is 4.79 Å². The van der Waals surface area contributed by atoms with E-state index in [2.05, 4.69) is 5.32 Å². The maximum absolute atomic E-state index is 10.7. The van der Waals surface area contributed by atoms with Gasteiger partial charge in [0.1, 0.15) is 0 Å². The first-order valence-electron chi connectivity index (χ1n) is 5.21. The van der Waals surface area contributed by atoms with Crippen molar-refractivity contribution in [1.82, 2.24) is 5.32 Å². The number of nitrogens with one attached hydrogen (secondary N) is 1. The Morgan fingerprint density at radius 1 is 1.40 bits per heavy atom. The van der Waals surface area contributed by atoms with Gasteiger partial charge in [0.25, 0.3) is 0 Å². The third-order valence-electron chi connectivity index (χ3n) is 2.99. The van der Waals surface area contributed by atoms with Crippen LogP contribution in [0.5, 0.6) is 0 Å². The molecule has 0 bridgehead atoms. The molecule has 1 heterocycles. The molecule has 3 nitrogen and oxygen atoms in total. The molecule has 2 unspecified atom stereocenters. The third-order valence-corrected chi connectivity index (χ3v) is 2.99. The number of aliphatic carboxylic acids is 1. The van der Waals surface area contributed by atoms with E-state index in [1.807, 2.05) is 31.2 Å². The second kappa shape index (κ2) is 4.03. The molecular weight excluding hydrogens is 190 g/mol. The van der Waals surface area contributed by atoms with Gasteiger partial charge in [-0.05, 0) is 30.9 Å². The minimum absolute atomic E-state index is 0.161. The minimum atomic E-state index is -0.994. The van der Waals surface area contributed by atoms with E-state index in [4.69, 9.17) is 0 Å². The van der Waals surface area contributed by atoms with E-state index in [0.29, 0.717) is 6.42 Å². The maximum Gasteiger partial charge on any atom is 0.0584 e. The normalized spacial score (nSPS) is 25.4. The molecule has 0 spiro atoms. The molecule has 1 N–H and O–H groups in total. The van der Waals surface area contributed by atoms with Crippen LogP contribution >= 0.6 is 0 Å². The number of aryl methyl sites for hydroxylation is 1. The van der Waals surface area contributed by atoms with Gasteiger partial charge in [-0.1, -0.05) is 24.3 Å². The van der Waals surface area contributed by atoms with Crippen LogP contribution in [0.15, 0.2) is 24.3 Å². The van der Waals surface area contributed by atoms with Crippen molar-refractivity contribution in [3.05, 3.63) is 35.4 Å². The van der Waals surface area contributed by atoms with E-state index in [0.717, 1.165) is 6.42 Å². The summed E-state index contributed by atoms with van der Waals surface area (Å²) in [6.45, 7) is 2.04. The zero-order chi connectivity index (χ0) is 10.8. The van der Waals surface area contributed by atoms with Crippen LogP contribution in [-0.4, -0.2) is 12.0 Å². The van der Waals surface area contributed by atoms with Crippen molar-refractivity contribution >= 4 is 5.97 Å². The molecule has 1 fully saturated rings. The average Bonchev–Trinajstić information content (AvgIpc) is 2.67. The number of carbonyl (C=O) groups is 1. The van der Waals surface area contributed by atoms with Crippen LogP contribution in [0.3, 0.4) is 0 Å². The summed E-state index contributed by atoms with van der Waals surface area (Å²) in [6, 6.07) is 7.73. The van der Waals surface area contributed by atoms with Crippen molar-refractivity contribution in [3.8, 4) is 0 Å². The summed E-state index contributed by atoms with van der Waals surface area (Å²) in [7, 11) is 0. The van der Waals surface area contributed by atoms with Crippen molar-refractivity contribution in [3.63, 3.8) is 0 Å². The number of hydrogen-bond acceptors (Lipinski definition) is 3. The Balaban J connectivity index is 2.14. The first kappa shape index (κ1) is 10.2. The molecule has 2 atom stereocenters. The molecule has 2 rings (SSSR count). The summed E-state index contributed by atoms with van der Waals surface area (Å²) >= 11 is 0. The summed E-state index contributed by atoms with van der Waals surface area (Å²) < 4.78 is 0. The van der Waals surface area contributed by atoms with Crippen molar-refractivity contribution in [2.75, 3.05) is 0 Å². The largest absolute Gasteiger partial charge is 0.548 e. The number of rotatable bonds is 2. The van der Waals surface area contributed by atoms with Crippen LogP contribution in [0.25, 0.3) is 0 Å². The van der Waals surface area contributed by atoms with Gasteiger partial charge in [-0.15, -0.1) is 0 Å². The highest BCUT2D eigenvalue weighted by Gasteiger charge is 2.26. The predicted octanol–water partition coefficient (Wildman–Crippen LogP) is 0.538. The molecule has 15 heavy (non-hydrogen) atoms. The second-order valence-electron chi connectivity index (χ2n) is 4.02. The highest BCUT2D eigenvalue weighted by molar-refractivity contribution is 5.71. The lowest BCUT2D eigenvalue weighted by molar-refractivity contribution is -0.308. The molecule has 0 radical (unpaired) electrons. The summed E-state index contributed by atoms with van der Waals surface area (Å²) in [5, 5.41) is 13.8. The quantitative estimate of drug-likeness (QED) is 0.765. The Bertz CT molecular complexity index is 376. The first-order valence-corrected chi connectivity index (χ1v) is 5.21. The van der Waals surface area contributed by atoms with Crippen molar-refractivity contribution in [2.24, 2.45) is 0 Å². The third kappa shape index (κ3) is 2.02. The lowest BCUT2D eigenvalue weighted by atomic mass is 10.0. The van der Waals surface area contributed by atoms with Gasteiger partial charge in [0.2, 0.25) is 0 Å². The predicted molar refractivity (Wildman–Crippen MR) is 55.1 cm³/mol. The van der Waals surface area contributed by atoms with Crippen LogP contribution in [0.1, 0.15) is 30.0 Å². The van der Waals surface area contributed by atoms with E-state index >= 15 is 0 Å². The lowest BCUT2D eigenvalue weighted by Gasteiger charge is -2.16. The lowest BCUT2D eigenvalue weighted by Crippen LogP contribution is -2.42. The zero-order valence-corrected chi connectivity index (χ0v) is 8.69. The molecule has 0 saturated carbocycles. The smallest absolute Gasteiger partial charge is 0.0584 e. The van der Waals surface area contributed by atoms with Crippen molar-refractivity contribution in [2.45, 2.75) is 31.8 Å². The molecular formula is C12H14NO2-. The first-order chi connectivity index (χ1) is 7.18. The average molecular weight is 204 g/mol. The highest BCUT2D eigenvalue weighted by Crippen LogP contribution is 2.28. The van der Waals surface area contributed by atoms with Gasteiger partial charge in [0, 0.05) is 12.1 Å². The molecule has 80 valence electrons. The van der Waals surface area contributed by atoms with E-state index < -0.39 is 12.0 Å². The number of carboxylic acid groups (broad SMARTS) is 1. The van der Waals surface area contributed by atoms with Crippen molar-refractivity contribution in [1.29, 1.82) is 0 Å². The summed E-state index contributed by atoms with van der Waals surface area (Å²) in [5.41, 5.74) is 2.40. The summed E-state index contributed by atoms with van der Waals surface area (Å²) in [6.07, 6.45) is 1.52. The van der Waals surface area contributed by atoms with Gasteiger partial charge in [0.05, 0.1) is 5.97 Å². The van der Waals surface area contributed by atoms with Gasteiger partial charge in [-0.25, -0.2) is 0 Å². The van der Waals surface area contributed by atoms with Crippen LogP contribution in [0.2, 0.25) is 0 Å². The number of benzene rings is 1. The standard InChI is InChI=1S/C12H15NO2/c1-8-4-2-3-5-9(8)10-6-7-11(13-10)12(14)15/h2-5,10-11,13H,6-7H2,1H3,(H,14,15)/p-1. The summed E-state index contributed by atoms with van der Waals surface area (Å²) in [4.78, 5) is 10.7. The molecule has 1 aromatic rings. The fraction of sp³-hybridized carbons (Fsp3) is 0.417. The van der Waals surface area contributed by atoms with Gasteiger partial charge in [-0.3, -0.25) is 0 Å². The number of carboxylic acids is 1. The molecule has 0 aromatic heterocycles. The molecule has 3 heteroatoms. The number of hydrogen-bond donors (Lipinski definition) is 1. The van der Waals surface area contributed by atoms with Crippen LogP contribution in [0.4, 0.5) is 0 Å². The van der Waals surface area contributed by atoms with Gasteiger partial charge in [0.15, 0.2) is 0 Å². The molecule has 1 aliphatic rings. The Kier molecular flexibility index (Phi) is 2.73. The molecule has 1 saturated heterocycles. The monoisotopic (exact) mass is 204 g/mol. The SMILES string of the molecule is Cc1ccccc1C1CCC(C(=O)[O-])N1. The Labute approximate surface area is 89.1 Å². The van der Waals surface area contributed by atoms with Gasteiger partial charge in [-0.2, -0.15) is 0 Å². The van der Waals surface area contributed by atoms with E-state index in [-0.39, 0.29) is 6.04 Å². The van der Waals surface area contributed by atoms with E-state index in [9.17, 15) is 9.90 Å². The minimum Gasteiger partial charge on any atom is -0.548 e. The topological polar surface area (TPSA) is 52.2 Å². The second-order valence-corrected chi connectivity index (χ2v) is 4.02. The van der Waals surface area contributed by atoms with Crippen molar-refractivity contribution < 1.29 is 9.90 Å². The van der Waals surface area contributed by atoms with Gasteiger partial charge >= 0.3 is 0 Å². The highest BCUT2D eigenvalue weighted by atomic mass is 16.4. The zero-order valence-electron chi connectivity index (χ0n) is 8.69. The fourth-order valence-electron chi connectivity index (χ4n) is 2.15. The Morgan fingerprint density at radius 2 is 2.13 bits per heavy atom. The summed E-state index contributed by atoms with van der Waals surface area (Å²) in [5.74, 6) is -0.994. The molecule has 0 aliphatic carbocycles. The fourth-order valence-corrected chi connectivity index (χ4v) is 2.15. The van der Waals surface area contributed by atoms with E-state index in [1.54, 1.807) is 0 Å². The van der Waals surface area contributed by atoms with E-state index in [1.165, 1.54) is 11.1 Å². The van der Waals surface area contributed by atoms with Crippen LogP contribution < -0.4 is 10.4 Å². The Morgan fingerprint density at radius 3 is 2.73 bits per heavy atom. The molecule has 0 amide bonds. The molecule has 1 aromatic carbocycles. The maximum atomic E-state index is 10.7.